The van der Waals surface area contributed by atoms with E-state index in [0.29, 0.717) is 39.0 Å². The number of nitrogens with one attached hydrogen (secondary N) is 1. The Morgan fingerprint density at radius 2 is 1.60 bits per heavy atom. The Kier molecular flexibility index (Phi) is 11.9. The van der Waals surface area contributed by atoms with Crippen LogP contribution in [0.1, 0.15) is 42.4 Å². The SMILES string of the molecule is Br.CCOc1ccccc1COCCCOc1ccc(C2CCNCC2OCc2ccc3ccccc3c2)cc1. The molecule has 1 saturated heterocycles. The fraction of sp³-hybridized carbons (Fsp3) is 0.353. The number of fused-ring (bicyclic) bond motifs is 1. The van der Waals surface area contributed by atoms with E-state index in [2.05, 4.69) is 72.0 Å². The van der Waals surface area contributed by atoms with Crippen LogP contribution >= 0.6 is 17.0 Å². The van der Waals surface area contributed by atoms with Gasteiger partial charge in [-0.1, -0.05) is 66.7 Å². The van der Waals surface area contributed by atoms with E-state index in [0.717, 1.165) is 43.0 Å². The molecule has 5 rings (SSSR count). The van der Waals surface area contributed by atoms with Gasteiger partial charge in [-0.2, -0.15) is 0 Å². The summed E-state index contributed by atoms with van der Waals surface area (Å²) < 4.78 is 24.0. The smallest absolute Gasteiger partial charge is 0.124 e. The van der Waals surface area contributed by atoms with Crippen molar-refractivity contribution in [2.24, 2.45) is 0 Å². The first-order valence-corrected chi connectivity index (χ1v) is 14.1. The molecule has 1 fully saturated rings. The average molecular weight is 607 g/mol. The summed E-state index contributed by atoms with van der Waals surface area (Å²) in [7, 11) is 0. The van der Waals surface area contributed by atoms with E-state index in [1.807, 2.05) is 31.2 Å². The first kappa shape index (κ1) is 30.1. The second-order valence-corrected chi connectivity index (χ2v) is 9.99. The summed E-state index contributed by atoms with van der Waals surface area (Å²) in [6.45, 7) is 6.95. The Balaban J connectivity index is 0.00000370. The molecule has 212 valence electrons. The van der Waals surface area contributed by atoms with Crippen molar-refractivity contribution in [1.29, 1.82) is 0 Å². The number of piperidine rings is 1. The molecule has 0 saturated carbocycles. The highest BCUT2D eigenvalue weighted by atomic mass is 79.9. The predicted octanol–water partition coefficient (Wildman–Crippen LogP) is 7.46. The van der Waals surface area contributed by atoms with Crippen LogP contribution in [-0.4, -0.2) is 39.0 Å². The van der Waals surface area contributed by atoms with Crippen LogP contribution in [0, 0.1) is 0 Å². The van der Waals surface area contributed by atoms with Crippen LogP contribution < -0.4 is 14.8 Å². The third kappa shape index (κ3) is 8.31. The van der Waals surface area contributed by atoms with Crippen LogP contribution in [0.2, 0.25) is 0 Å². The highest BCUT2D eigenvalue weighted by Crippen LogP contribution is 2.30. The number of ether oxygens (including phenoxy) is 4. The molecule has 4 aromatic rings. The molecule has 40 heavy (non-hydrogen) atoms. The third-order valence-corrected chi connectivity index (χ3v) is 7.24. The van der Waals surface area contributed by atoms with E-state index in [1.54, 1.807) is 0 Å². The van der Waals surface area contributed by atoms with Gasteiger partial charge >= 0.3 is 0 Å². The van der Waals surface area contributed by atoms with E-state index < -0.39 is 0 Å². The minimum Gasteiger partial charge on any atom is -0.494 e. The topological polar surface area (TPSA) is 49.0 Å². The third-order valence-electron chi connectivity index (χ3n) is 7.24. The van der Waals surface area contributed by atoms with Gasteiger partial charge in [0.15, 0.2) is 0 Å². The van der Waals surface area contributed by atoms with E-state index in [-0.39, 0.29) is 23.1 Å². The number of rotatable bonds is 13. The van der Waals surface area contributed by atoms with Crippen molar-refractivity contribution < 1.29 is 18.9 Å². The summed E-state index contributed by atoms with van der Waals surface area (Å²) in [5, 5.41) is 6.02. The largest absolute Gasteiger partial charge is 0.494 e. The Bertz CT molecular complexity index is 1310. The molecular weight excluding hydrogens is 566 g/mol. The van der Waals surface area contributed by atoms with Crippen molar-refractivity contribution in [3.05, 3.63) is 108 Å². The highest BCUT2D eigenvalue weighted by molar-refractivity contribution is 8.93. The van der Waals surface area contributed by atoms with Gasteiger partial charge in [0.25, 0.3) is 0 Å². The van der Waals surface area contributed by atoms with Gasteiger partial charge in [0, 0.05) is 24.4 Å². The number of hydrogen-bond donors (Lipinski definition) is 1. The first-order chi connectivity index (χ1) is 19.3. The van der Waals surface area contributed by atoms with Gasteiger partial charge < -0.3 is 24.3 Å². The van der Waals surface area contributed by atoms with Crippen LogP contribution in [0.25, 0.3) is 10.8 Å². The van der Waals surface area contributed by atoms with Crippen LogP contribution in [0.5, 0.6) is 11.5 Å². The van der Waals surface area contributed by atoms with Crippen molar-refractivity contribution >= 4 is 27.8 Å². The molecule has 1 aliphatic rings. The maximum atomic E-state index is 6.45. The molecule has 0 bridgehead atoms. The lowest BCUT2D eigenvalue weighted by molar-refractivity contribution is 0.0106. The predicted molar refractivity (Wildman–Crippen MR) is 167 cm³/mol. The first-order valence-electron chi connectivity index (χ1n) is 14.1. The van der Waals surface area contributed by atoms with Gasteiger partial charge in [-0.3, -0.25) is 0 Å². The Labute approximate surface area is 248 Å². The van der Waals surface area contributed by atoms with Gasteiger partial charge in [-0.15, -0.1) is 17.0 Å². The fourth-order valence-electron chi connectivity index (χ4n) is 5.18. The second kappa shape index (κ2) is 15.8. The van der Waals surface area contributed by atoms with Crippen LogP contribution in [0.4, 0.5) is 0 Å². The normalized spacial score (nSPS) is 16.8. The quantitative estimate of drug-likeness (QED) is 0.160. The van der Waals surface area contributed by atoms with Crippen molar-refractivity contribution in [2.45, 2.75) is 45.0 Å². The lowest BCUT2D eigenvalue weighted by Gasteiger charge is -2.32. The number of para-hydroxylation sites is 1. The van der Waals surface area contributed by atoms with Crippen molar-refractivity contribution in [2.75, 3.05) is 32.9 Å². The van der Waals surface area contributed by atoms with Crippen molar-refractivity contribution in [1.82, 2.24) is 5.32 Å². The summed E-state index contributed by atoms with van der Waals surface area (Å²) in [6.07, 6.45) is 2.03. The molecule has 6 heteroatoms. The number of hydrogen-bond acceptors (Lipinski definition) is 5. The van der Waals surface area contributed by atoms with Crippen LogP contribution in [0.3, 0.4) is 0 Å². The van der Waals surface area contributed by atoms with Gasteiger partial charge in [0.2, 0.25) is 0 Å². The zero-order valence-electron chi connectivity index (χ0n) is 23.2. The fourth-order valence-corrected chi connectivity index (χ4v) is 5.18. The standard InChI is InChI=1S/C34H39NO4.BrH/c1-2-37-33-11-6-5-10-30(33)25-36-20-7-21-38-31-16-14-28(15-17-31)32-18-19-35-23-34(32)39-24-26-12-13-27-8-3-4-9-29(27)22-26;/h3-6,8-17,22,32,34-35H,2,7,18-21,23-25H2,1H3;1H. The van der Waals surface area contributed by atoms with Crippen molar-refractivity contribution in [3.8, 4) is 11.5 Å². The number of halogens is 1. The van der Waals surface area contributed by atoms with Gasteiger partial charge in [0.1, 0.15) is 11.5 Å². The lowest BCUT2D eigenvalue weighted by atomic mass is 9.87. The Hall–Kier alpha value is -2.90. The van der Waals surface area contributed by atoms with Gasteiger partial charge in [-0.05, 0) is 66.1 Å². The molecule has 1 aliphatic heterocycles. The molecule has 1 heterocycles. The van der Waals surface area contributed by atoms with Gasteiger partial charge in [0.05, 0.1) is 39.1 Å². The second-order valence-electron chi connectivity index (χ2n) is 9.99. The minimum atomic E-state index is 0. The Morgan fingerprint density at radius 3 is 2.45 bits per heavy atom. The Morgan fingerprint density at radius 1 is 0.800 bits per heavy atom. The van der Waals surface area contributed by atoms with Crippen molar-refractivity contribution in [3.63, 3.8) is 0 Å². The summed E-state index contributed by atoms with van der Waals surface area (Å²) in [5.74, 6) is 2.16. The van der Waals surface area contributed by atoms with E-state index in [4.69, 9.17) is 18.9 Å². The highest BCUT2D eigenvalue weighted by Gasteiger charge is 2.27. The minimum absolute atomic E-state index is 0. The van der Waals surface area contributed by atoms with E-state index >= 15 is 0 Å². The van der Waals surface area contributed by atoms with Crippen LogP contribution in [0.15, 0.2) is 91.0 Å². The molecule has 0 aliphatic carbocycles. The molecule has 5 nitrogen and oxygen atoms in total. The number of benzene rings is 4. The van der Waals surface area contributed by atoms with Gasteiger partial charge in [-0.25, -0.2) is 0 Å². The molecule has 2 atom stereocenters. The summed E-state index contributed by atoms with van der Waals surface area (Å²) in [5.41, 5.74) is 3.60. The summed E-state index contributed by atoms with van der Waals surface area (Å²) in [6, 6.07) is 31.6. The average Bonchev–Trinajstić information content (AvgIpc) is 2.99. The van der Waals surface area contributed by atoms with Crippen LogP contribution in [-0.2, 0) is 22.7 Å². The lowest BCUT2D eigenvalue weighted by Crippen LogP contribution is -2.40. The maximum absolute atomic E-state index is 6.45. The summed E-state index contributed by atoms with van der Waals surface area (Å²) in [4.78, 5) is 0. The van der Waals surface area contributed by atoms with E-state index in [1.165, 1.54) is 21.9 Å². The summed E-state index contributed by atoms with van der Waals surface area (Å²) >= 11 is 0. The molecule has 4 aromatic carbocycles. The molecule has 0 spiro atoms. The maximum Gasteiger partial charge on any atom is 0.124 e. The monoisotopic (exact) mass is 605 g/mol. The molecule has 0 aromatic heterocycles. The molecule has 0 amide bonds. The molecule has 2 unspecified atom stereocenters. The van der Waals surface area contributed by atoms with E-state index in [9.17, 15) is 0 Å². The molecular formula is C34H40BrNO4. The molecule has 0 radical (unpaired) electrons. The molecule has 1 N–H and O–H groups in total. The zero-order valence-corrected chi connectivity index (χ0v) is 24.9. The zero-order chi connectivity index (χ0) is 26.7.